The van der Waals surface area contributed by atoms with Crippen LogP contribution in [0, 0.1) is 5.92 Å². The van der Waals surface area contributed by atoms with Crippen LogP contribution in [0.5, 0.6) is 5.75 Å². The van der Waals surface area contributed by atoms with E-state index in [1.54, 1.807) is 0 Å². The van der Waals surface area contributed by atoms with Gasteiger partial charge in [-0.15, -0.1) is 0 Å². The Kier molecular flexibility index (Phi) is 4.65. The molecule has 1 aliphatic rings. The van der Waals surface area contributed by atoms with Gasteiger partial charge in [0.1, 0.15) is 5.75 Å². The minimum absolute atomic E-state index is 0.246. The Morgan fingerprint density at radius 1 is 1.28 bits per heavy atom. The Labute approximate surface area is 111 Å². The molecular weight excluding hydrogens is 222 g/mol. The van der Waals surface area contributed by atoms with Gasteiger partial charge in [-0.2, -0.15) is 0 Å². The molecule has 1 saturated heterocycles. The first-order valence-electron chi connectivity index (χ1n) is 7.13. The maximum atomic E-state index is 5.89. The molecular formula is C16H25NO. The zero-order valence-electron chi connectivity index (χ0n) is 11.8. The molecule has 1 aromatic rings. The van der Waals surface area contributed by atoms with Crippen molar-refractivity contribution in [2.24, 2.45) is 5.92 Å². The molecule has 2 unspecified atom stereocenters. The van der Waals surface area contributed by atoms with Crippen molar-refractivity contribution < 1.29 is 4.74 Å². The molecule has 0 radical (unpaired) electrons. The standard InChI is InChI=1S/C16H25NO/c1-12(2)18-16-7-5-4-6-15(16)10-14-9-8-13(3)17-11-14/h4-7,12-14,17H,8-11H2,1-3H3. The average molecular weight is 247 g/mol. The highest BCUT2D eigenvalue weighted by Gasteiger charge is 2.19. The van der Waals surface area contributed by atoms with Crippen LogP contribution in [0.3, 0.4) is 0 Å². The molecule has 0 saturated carbocycles. The van der Waals surface area contributed by atoms with Gasteiger partial charge in [-0.25, -0.2) is 0 Å². The van der Waals surface area contributed by atoms with E-state index in [0.29, 0.717) is 6.04 Å². The number of piperidine rings is 1. The van der Waals surface area contributed by atoms with Crippen molar-refractivity contribution in [1.82, 2.24) is 5.32 Å². The van der Waals surface area contributed by atoms with Crippen LogP contribution < -0.4 is 10.1 Å². The van der Waals surface area contributed by atoms with Gasteiger partial charge in [-0.05, 0) is 64.1 Å². The van der Waals surface area contributed by atoms with Crippen molar-refractivity contribution in [1.29, 1.82) is 0 Å². The lowest BCUT2D eigenvalue weighted by Crippen LogP contribution is -2.37. The second kappa shape index (κ2) is 6.24. The predicted octanol–water partition coefficient (Wildman–Crippen LogP) is 3.40. The number of benzene rings is 1. The summed E-state index contributed by atoms with van der Waals surface area (Å²) in [6, 6.07) is 9.15. The van der Waals surface area contributed by atoms with Crippen LogP contribution in [0.25, 0.3) is 0 Å². The first-order valence-corrected chi connectivity index (χ1v) is 7.13. The van der Waals surface area contributed by atoms with Gasteiger partial charge in [0.05, 0.1) is 6.10 Å². The molecule has 2 atom stereocenters. The van der Waals surface area contributed by atoms with Crippen LogP contribution in [0.4, 0.5) is 0 Å². The van der Waals surface area contributed by atoms with E-state index in [1.807, 2.05) is 0 Å². The summed E-state index contributed by atoms with van der Waals surface area (Å²) in [5.74, 6) is 1.81. The van der Waals surface area contributed by atoms with Gasteiger partial charge >= 0.3 is 0 Å². The molecule has 0 bridgehead atoms. The van der Waals surface area contributed by atoms with Crippen molar-refractivity contribution in [2.75, 3.05) is 6.54 Å². The number of ether oxygens (including phenoxy) is 1. The molecule has 100 valence electrons. The summed E-state index contributed by atoms with van der Waals surface area (Å²) in [6.45, 7) is 7.57. The number of rotatable bonds is 4. The first-order chi connectivity index (χ1) is 8.65. The SMILES string of the molecule is CC1CCC(Cc2ccccc2OC(C)C)CN1. The summed E-state index contributed by atoms with van der Waals surface area (Å²) < 4.78 is 5.89. The minimum Gasteiger partial charge on any atom is -0.491 e. The number of hydrogen-bond donors (Lipinski definition) is 1. The highest BCUT2D eigenvalue weighted by atomic mass is 16.5. The quantitative estimate of drug-likeness (QED) is 0.880. The molecule has 2 heteroatoms. The Bertz CT molecular complexity index is 367. The van der Waals surface area contributed by atoms with Crippen LogP contribution in [0.15, 0.2) is 24.3 Å². The van der Waals surface area contributed by atoms with Crippen molar-refractivity contribution >= 4 is 0 Å². The summed E-state index contributed by atoms with van der Waals surface area (Å²) >= 11 is 0. The first kappa shape index (κ1) is 13.4. The van der Waals surface area contributed by atoms with E-state index >= 15 is 0 Å². The molecule has 1 N–H and O–H groups in total. The number of hydrogen-bond acceptors (Lipinski definition) is 2. The third kappa shape index (κ3) is 3.74. The largest absolute Gasteiger partial charge is 0.491 e. The molecule has 1 heterocycles. The van der Waals surface area contributed by atoms with Crippen molar-refractivity contribution in [3.05, 3.63) is 29.8 Å². The molecule has 18 heavy (non-hydrogen) atoms. The molecule has 0 aliphatic carbocycles. The molecule has 1 fully saturated rings. The fraction of sp³-hybridized carbons (Fsp3) is 0.625. The summed E-state index contributed by atoms with van der Waals surface area (Å²) in [7, 11) is 0. The van der Waals surface area contributed by atoms with E-state index in [2.05, 4.69) is 50.4 Å². The van der Waals surface area contributed by atoms with Gasteiger partial charge in [0.25, 0.3) is 0 Å². The fourth-order valence-electron chi connectivity index (χ4n) is 2.58. The average Bonchev–Trinajstić information content (AvgIpc) is 2.34. The highest BCUT2D eigenvalue weighted by molar-refractivity contribution is 5.33. The van der Waals surface area contributed by atoms with Gasteiger partial charge in [0, 0.05) is 6.04 Å². The lowest BCUT2D eigenvalue weighted by molar-refractivity contribution is 0.237. The fourth-order valence-corrected chi connectivity index (χ4v) is 2.58. The Morgan fingerprint density at radius 3 is 2.72 bits per heavy atom. The monoisotopic (exact) mass is 247 g/mol. The minimum atomic E-state index is 0.246. The maximum absolute atomic E-state index is 5.89. The molecule has 0 aromatic heterocycles. The van der Waals surface area contributed by atoms with Crippen LogP contribution >= 0.6 is 0 Å². The third-order valence-electron chi connectivity index (χ3n) is 3.61. The Hall–Kier alpha value is -1.02. The van der Waals surface area contributed by atoms with Gasteiger partial charge in [-0.3, -0.25) is 0 Å². The summed E-state index contributed by atoms with van der Waals surface area (Å²) in [4.78, 5) is 0. The third-order valence-corrected chi connectivity index (χ3v) is 3.61. The second-order valence-electron chi connectivity index (χ2n) is 5.73. The zero-order chi connectivity index (χ0) is 13.0. The summed E-state index contributed by atoms with van der Waals surface area (Å²) in [5, 5.41) is 3.57. The molecule has 0 amide bonds. The summed E-state index contributed by atoms with van der Waals surface area (Å²) in [6.07, 6.45) is 3.99. The van der Waals surface area contributed by atoms with Crippen LogP contribution in [0.2, 0.25) is 0 Å². The Balaban J connectivity index is 2.00. The van der Waals surface area contributed by atoms with Gasteiger partial charge < -0.3 is 10.1 Å². The van der Waals surface area contributed by atoms with Gasteiger partial charge in [0.2, 0.25) is 0 Å². The summed E-state index contributed by atoms with van der Waals surface area (Å²) in [5.41, 5.74) is 1.35. The lowest BCUT2D eigenvalue weighted by atomic mass is 9.89. The van der Waals surface area contributed by atoms with Gasteiger partial charge in [0.15, 0.2) is 0 Å². The van der Waals surface area contributed by atoms with E-state index in [4.69, 9.17) is 4.74 Å². The predicted molar refractivity (Wildman–Crippen MR) is 76.1 cm³/mol. The van der Waals surface area contributed by atoms with E-state index in [1.165, 1.54) is 18.4 Å². The lowest BCUT2D eigenvalue weighted by Gasteiger charge is -2.28. The Morgan fingerprint density at radius 2 is 2.06 bits per heavy atom. The molecule has 0 spiro atoms. The topological polar surface area (TPSA) is 21.3 Å². The van der Waals surface area contributed by atoms with E-state index < -0.39 is 0 Å². The van der Waals surface area contributed by atoms with Crippen LogP contribution in [-0.2, 0) is 6.42 Å². The second-order valence-corrected chi connectivity index (χ2v) is 5.73. The maximum Gasteiger partial charge on any atom is 0.122 e. The molecule has 2 nitrogen and oxygen atoms in total. The van der Waals surface area contributed by atoms with Crippen LogP contribution in [-0.4, -0.2) is 18.7 Å². The van der Waals surface area contributed by atoms with Crippen molar-refractivity contribution in [3.8, 4) is 5.75 Å². The molecule has 1 aromatic carbocycles. The number of nitrogens with one attached hydrogen (secondary N) is 1. The molecule has 2 rings (SSSR count). The van der Waals surface area contributed by atoms with Crippen LogP contribution in [0.1, 0.15) is 39.2 Å². The van der Waals surface area contributed by atoms with Crippen molar-refractivity contribution in [2.45, 2.75) is 52.2 Å². The molecule has 1 aliphatic heterocycles. The van der Waals surface area contributed by atoms with E-state index in [9.17, 15) is 0 Å². The van der Waals surface area contributed by atoms with Crippen molar-refractivity contribution in [3.63, 3.8) is 0 Å². The van der Waals surface area contributed by atoms with E-state index in [-0.39, 0.29) is 6.10 Å². The number of para-hydroxylation sites is 1. The van der Waals surface area contributed by atoms with Gasteiger partial charge in [-0.1, -0.05) is 18.2 Å². The zero-order valence-corrected chi connectivity index (χ0v) is 11.8. The van der Waals surface area contributed by atoms with E-state index in [0.717, 1.165) is 24.6 Å². The smallest absolute Gasteiger partial charge is 0.122 e. The highest BCUT2D eigenvalue weighted by Crippen LogP contribution is 2.25. The normalized spacial score (nSPS) is 24.2.